The Bertz CT molecular complexity index is 1110. The molecule has 0 saturated carbocycles. The summed E-state index contributed by atoms with van der Waals surface area (Å²) in [7, 11) is 0. The Morgan fingerprint density at radius 2 is 1.76 bits per heavy atom. The molecular formula is C27H33N3O3. The molecule has 2 heterocycles. The van der Waals surface area contributed by atoms with Crippen LogP contribution in [0.25, 0.3) is 10.9 Å². The van der Waals surface area contributed by atoms with E-state index in [4.69, 9.17) is 14.5 Å². The Balaban J connectivity index is 1.43. The first-order valence-corrected chi connectivity index (χ1v) is 11.9. The van der Waals surface area contributed by atoms with Gasteiger partial charge in [-0.2, -0.15) is 0 Å². The minimum atomic E-state index is 0.0263. The summed E-state index contributed by atoms with van der Waals surface area (Å²) in [5.74, 6) is 2.34. The summed E-state index contributed by atoms with van der Waals surface area (Å²) in [6.07, 6.45) is 2.06. The highest BCUT2D eigenvalue weighted by Gasteiger charge is 2.24. The number of unbranched alkanes of at least 4 members (excludes halogenated alkanes) is 1. The maximum atomic E-state index is 13.2. The van der Waals surface area contributed by atoms with Gasteiger partial charge in [-0.25, -0.2) is 4.98 Å². The zero-order valence-electron chi connectivity index (χ0n) is 19.8. The number of aromatic nitrogens is 1. The number of aryl methyl sites for hydroxylation is 1. The third-order valence-corrected chi connectivity index (χ3v) is 6.05. The monoisotopic (exact) mass is 447 g/mol. The van der Waals surface area contributed by atoms with Gasteiger partial charge in [-0.3, -0.25) is 4.79 Å². The molecular weight excluding hydrogens is 414 g/mol. The lowest BCUT2D eigenvalue weighted by Crippen LogP contribution is -2.49. The summed E-state index contributed by atoms with van der Waals surface area (Å²) in [5, 5.41) is 1.18. The molecule has 1 amide bonds. The molecule has 2 aromatic carbocycles. The third-order valence-electron chi connectivity index (χ3n) is 6.05. The number of piperazine rings is 1. The molecule has 1 saturated heterocycles. The van der Waals surface area contributed by atoms with Crippen LogP contribution in [0.1, 0.15) is 42.6 Å². The highest BCUT2D eigenvalue weighted by Crippen LogP contribution is 2.30. The number of benzene rings is 2. The summed E-state index contributed by atoms with van der Waals surface area (Å²) < 4.78 is 11.6. The summed E-state index contributed by atoms with van der Waals surface area (Å²) in [5.41, 5.74) is 2.86. The number of hydrogen-bond donors (Lipinski definition) is 0. The Hall–Kier alpha value is -3.28. The van der Waals surface area contributed by atoms with Crippen molar-refractivity contribution >= 4 is 22.6 Å². The van der Waals surface area contributed by atoms with Crippen molar-refractivity contribution in [3.8, 4) is 11.5 Å². The lowest BCUT2D eigenvalue weighted by atomic mass is 10.1. The van der Waals surface area contributed by atoms with Gasteiger partial charge in [-0.15, -0.1) is 0 Å². The molecule has 0 N–H and O–H groups in total. The average Bonchev–Trinajstić information content (AvgIpc) is 2.85. The van der Waals surface area contributed by atoms with E-state index in [-0.39, 0.29) is 5.91 Å². The third kappa shape index (κ3) is 5.21. The molecule has 0 aliphatic carbocycles. The van der Waals surface area contributed by atoms with Gasteiger partial charge in [0.25, 0.3) is 5.91 Å². The molecule has 6 nitrogen and oxygen atoms in total. The van der Waals surface area contributed by atoms with Crippen molar-refractivity contribution in [1.82, 2.24) is 9.88 Å². The maximum absolute atomic E-state index is 13.2. The number of fused-ring (bicyclic) bond motifs is 1. The van der Waals surface area contributed by atoms with Gasteiger partial charge in [-0.1, -0.05) is 31.5 Å². The van der Waals surface area contributed by atoms with Crippen LogP contribution in [0, 0.1) is 6.92 Å². The standard InChI is InChI=1S/C27H33N3O3/c1-4-6-17-33-24-12-11-21(19-25(24)32-5-2)27(31)30-15-13-29(14-16-30)26-18-20(3)22-9-7-8-10-23(22)28-26/h7-12,18-19H,4-6,13-17H2,1-3H3. The molecule has 33 heavy (non-hydrogen) atoms. The fraction of sp³-hybridized carbons (Fsp3) is 0.407. The van der Waals surface area contributed by atoms with Crippen LogP contribution in [-0.2, 0) is 0 Å². The zero-order valence-corrected chi connectivity index (χ0v) is 19.8. The van der Waals surface area contributed by atoms with Crippen molar-refractivity contribution in [1.29, 1.82) is 0 Å². The van der Waals surface area contributed by atoms with Gasteiger partial charge < -0.3 is 19.3 Å². The molecule has 3 aromatic rings. The van der Waals surface area contributed by atoms with Gasteiger partial charge in [0.1, 0.15) is 5.82 Å². The molecule has 0 atom stereocenters. The predicted molar refractivity (Wildman–Crippen MR) is 133 cm³/mol. The molecule has 174 valence electrons. The lowest BCUT2D eigenvalue weighted by molar-refractivity contribution is 0.0746. The van der Waals surface area contributed by atoms with Crippen LogP contribution in [0.15, 0.2) is 48.5 Å². The topological polar surface area (TPSA) is 54.9 Å². The number of ether oxygens (including phenoxy) is 2. The van der Waals surface area contributed by atoms with Crippen molar-refractivity contribution in [3.63, 3.8) is 0 Å². The van der Waals surface area contributed by atoms with Crippen LogP contribution >= 0.6 is 0 Å². The first-order valence-electron chi connectivity index (χ1n) is 11.9. The van der Waals surface area contributed by atoms with Crippen LogP contribution in [0.2, 0.25) is 0 Å². The highest BCUT2D eigenvalue weighted by molar-refractivity contribution is 5.95. The first kappa shape index (κ1) is 22.9. The first-order chi connectivity index (χ1) is 16.1. The second-order valence-electron chi connectivity index (χ2n) is 8.39. The second-order valence-corrected chi connectivity index (χ2v) is 8.39. The van der Waals surface area contributed by atoms with E-state index >= 15 is 0 Å². The lowest BCUT2D eigenvalue weighted by Gasteiger charge is -2.35. The number of rotatable bonds is 8. The van der Waals surface area contributed by atoms with E-state index in [0.717, 1.165) is 37.3 Å². The quantitative estimate of drug-likeness (QED) is 0.451. The van der Waals surface area contributed by atoms with Gasteiger partial charge in [0, 0.05) is 37.1 Å². The number of para-hydroxylation sites is 1. The summed E-state index contributed by atoms with van der Waals surface area (Å²) >= 11 is 0. The molecule has 0 bridgehead atoms. The van der Waals surface area contributed by atoms with E-state index in [2.05, 4.69) is 36.9 Å². The SMILES string of the molecule is CCCCOc1ccc(C(=O)N2CCN(c3cc(C)c4ccccc4n3)CC2)cc1OCC. The van der Waals surface area contributed by atoms with Gasteiger partial charge in [0.15, 0.2) is 11.5 Å². The van der Waals surface area contributed by atoms with E-state index in [1.54, 1.807) is 0 Å². The van der Waals surface area contributed by atoms with Crippen molar-refractivity contribution < 1.29 is 14.3 Å². The van der Waals surface area contributed by atoms with E-state index < -0.39 is 0 Å². The van der Waals surface area contributed by atoms with Crippen molar-refractivity contribution in [2.24, 2.45) is 0 Å². The molecule has 0 spiro atoms. The van der Waals surface area contributed by atoms with Crippen molar-refractivity contribution in [3.05, 3.63) is 59.7 Å². The fourth-order valence-corrected chi connectivity index (χ4v) is 4.17. The highest BCUT2D eigenvalue weighted by atomic mass is 16.5. The van der Waals surface area contributed by atoms with Gasteiger partial charge >= 0.3 is 0 Å². The maximum Gasteiger partial charge on any atom is 0.254 e. The van der Waals surface area contributed by atoms with E-state index in [1.165, 1.54) is 10.9 Å². The van der Waals surface area contributed by atoms with Crippen LogP contribution in [0.5, 0.6) is 11.5 Å². The molecule has 1 fully saturated rings. The minimum absolute atomic E-state index is 0.0263. The smallest absolute Gasteiger partial charge is 0.254 e. The van der Waals surface area contributed by atoms with Gasteiger partial charge in [0.2, 0.25) is 0 Å². The van der Waals surface area contributed by atoms with Crippen molar-refractivity contribution in [2.45, 2.75) is 33.6 Å². The molecule has 1 aliphatic rings. The number of anilines is 1. The average molecular weight is 448 g/mol. The van der Waals surface area contributed by atoms with Gasteiger partial charge in [0.05, 0.1) is 18.7 Å². The molecule has 0 radical (unpaired) electrons. The molecule has 1 aliphatic heterocycles. The minimum Gasteiger partial charge on any atom is -0.490 e. The molecule has 1 aromatic heterocycles. The predicted octanol–water partition coefficient (Wildman–Crippen LogP) is 5.08. The normalized spacial score (nSPS) is 13.9. The van der Waals surface area contributed by atoms with E-state index in [0.29, 0.717) is 43.4 Å². The zero-order chi connectivity index (χ0) is 23.2. The van der Waals surface area contributed by atoms with Crippen LogP contribution in [-0.4, -0.2) is 55.2 Å². The van der Waals surface area contributed by atoms with Crippen LogP contribution in [0.3, 0.4) is 0 Å². The number of nitrogens with zero attached hydrogens (tertiary/aromatic N) is 3. The second kappa shape index (κ2) is 10.6. The Labute approximate surface area is 196 Å². The summed E-state index contributed by atoms with van der Waals surface area (Å²) in [6.45, 7) is 10.2. The summed E-state index contributed by atoms with van der Waals surface area (Å²) in [6, 6.07) is 15.9. The number of carbonyl (C=O) groups excluding carboxylic acids is 1. The van der Waals surface area contributed by atoms with E-state index in [1.807, 2.05) is 42.2 Å². The van der Waals surface area contributed by atoms with E-state index in [9.17, 15) is 4.79 Å². The largest absolute Gasteiger partial charge is 0.490 e. The number of pyridine rings is 1. The number of hydrogen-bond acceptors (Lipinski definition) is 5. The molecule has 4 rings (SSSR count). The summed E-state index contributed by atoms with van der Waals surface area (Å²) in [4.78, 5) is 22.2. The molecule has 0 unspecified atom stereocenters. The fourth-order valence-electron chi connectivity index (χ4n) is 4.17. The molecule has 6 heteroatoms. The van der Waals surface area contributed by atoms with Crippen LogP contribution in [0.4, 0.5) is 5.82 Å². The Morgan fingerprint density at radius 3 is 2.52 bits per heavy atom. The van der Waals surface area contributed by atoms with Crippen LogP contribution < -0.4 is 14.4 Å². The number of carbonyl (C=O) groups is 1. The Morgan fingerprint density at radius 1 is 0.970 bits per heavy atom. The van der Waals surface area contributed by atoms with Crippen molar-refractivity contribution in [2.75, 3.05) is 44.3 Å². The van der Waals surface area contributed by atoms with Gasteiger partial charge in [-0.05, 0) is 56.2 Å². The number of amides is 1. The Kier molecular flexibility index (Phi) is 7.33.